The minimum Gasteiger partial charge on any atom is -0.250 e. The molecule has 1 atom stereocenters. The largest absolute Gasteiger partial charge is 0.250 e. The van der Waals surface area contributed by atoms with Gasteiger partial charge in [-0.25, -0.2) is 9.67 Å². The zero-order valence-corrected chi connectivity index (χ0v) is 11.1. The van der Waals surface area contributed by atoms with Crippen LogP contribution in [0, 0.1) is 6.92 Å². The summed E-state index contributed by atoms with van der Waals surface area (Å²) in [6.07, 6.45) is 3.31. The van der Waals surface area contributed by atoms with Gasteiger partial charge in [0.05, 0.1) is 0 Å². The van der Waals surface area contributed by atoms with E-state index in [1.165, 1.54) is 29.8 Å². The second kappa shape index (κ2) is 4.56. The maximum Gasteiger partial charge on any atom is 0.155 e. The Labute approximate surface area is 108 Å². The highest BCUT2D eigenvalue weighted by Crippen LogP contribution is 2.25. The first-order chi connectivity index (χ1) is 8.74. The van der Waals surface area contributed by atoms with E-state index in [1.807, 2.05) is 0 Å². The van der Waals surface area contributed by atoms with Gasteiger partial charge in [0.2, 0.25) is 0 Å². The third kappa shape index (κ3) is 2.05. The number of nitrogens with zero attached hydrogens (tertiary/aromatic N) is 3. The van der Waals surface area contributed by atoms with E-state index in [9.17, 15) is 0 Å². The summed E-state index contributed by atoms with van der Waals surface area (Å²) in [7, 11) is 0. The molecule has 94 valence electrons. The van der Waals surface area contributed by atoms with Crippen molar-refractivity contribution >= 4 is 0 Å². The van der Waals surface area contributed by atoms with Crippen LogP contribution in [-0.2, 0) is 13.0 Å². The van der Waals surface area contributed by atoms with Crippen LogP contribution in [0.3, 0.4) is 0 Å². The normalized spacial score (nSPS) is 18.7. The third-order valence-corrected chi connectivity index (χ3v) is 3.80. The second-order valence-electron chi connectivity index (χ2n) is 5.26. The van der Waals surface area contributed by atoms with Crippen LogP contribution >= 0.6 is 0 Å². The number of aromatic nitrogens is 3. The lowest BCUT2D eigenvalue weighted by Gasteiger charge is -2.17. The number of hydrogen-bond acceptors (Lipinski definition) is 2. The molecule has 0 bridgehead atoms. The average molecular weight is 241 g/mol. The highest BCUT2D eigenvalue weighted by molar-refractivity contribution is 5.28. The Balaban J connectivity index is 1.88. The van der Waals surface area contributed by atoms with E-state index in [4.69, 9.17) is 4.98 Å². The molecule has 1 aliphatic heterocycles. The summed E-state index contributed by atoms with van der Waals surface area (Å²) in [5.74, 6) is 2.69. The van der Waals surface area contributed by atoms with E-state index in [0.29, 0.717) is 5.92 Å². The second-order valence-corrected chi connectivity index (χ2v) is 5.26. The summed E-state index contributed by atoms with van der Waals surface area (Å²) in [6, 6.07) is 8.47. The number of benzene rings is 1. The maximum absolute atomic E-state index is 4.72. The van der Waals surface area contributed by atoms with Crippen LogP contribution in [0.5, 0.6) is 0 Å². The summed E-state index contributed by atoms with van der Waals surface area (Å²) in [4.78, 5) is 4.72. The SMILES string of the molecule is Cc1ccccc1Cc1nc2n(n1)CCCC2C. The Morgan fingerprint density at radius 1 is 1.33 bits per heavy atom. The Morgan fingerprint density at radius 3 is 2.94 bits per heavy atom. The average Bonchev–Trinajstić information content (AvgIpc) is 2.76. The van der Waals surface area contributed by atoms with Crippen LogP contribution < -0.4 is 0 Å². The minimum atomic E-state index is 0.553. The Morgan fingerprint density at radius 2 is 2.17 bits per heavy atom. The van der Waals surface area contributed by atoms with E-state index in [1.54, 1.807) is 0 Å². The van der Waals surface area contributed by atoms with E-state index < -0.39 is 0 Å². The van der Waals surface area contributed by atoms with E-state index >= 15 is 0 Å². The molecule has 2 heterocycles. The molecular formula is C15H19N3. The van der Waals surface area contributed by atoms with Gasteiger partial charge >= 0.3 is 0 Å². The highest BCUT2D eigenvalue weighted by atomic mass is 15.4. The van der Waals surface area contributed by atoms with Gasteiger partial charge in [0.1, 0.15) is 5.82 Å². The van der Waals surface area contributed by atoms with Crippen molar-refractivity contribution < 1.29 is 0 Å². The Hall–Kier alpha value is -1.64. The van der Waals surface area contributed by atoms with Gasteiger partial charge in [-0.1, -0.05) is 31.2 Å². The molecule has 2 aromatic rings. The van der Waals surface area contributed by atoms with Crippen molar-refractivity contribution in [3.05, 3.63) is 47.0 Å². The van der Waals surface area contributed by atoms with Crippen LogP contribution in [0.2, 0.25) is 0 Å². The van der Waals surface area contributed by atoms with Gasteiger partial charge in [-0.2, -0.15) is 5.10 Å². The summed E-state index contributed by atoms with van der Waals surface area (Å²) in [5.41, 5.74) is 2.64. The topological polar surface area (TPSA) is 30.7 Å². The van der Waals surface area contributed by atoms with E-state index in [-0.39, 0.29) is 0 Å². The molecule has 1 aromatic carbocycles. The van der Waals surface area contributed by atoms with Gasteiger partial charge in [-0.3, -0.25) is 0 Å². The molecule has 3 rings (SSSR count). The highest BCUT2D eigenvalue weighted by Gasteiger charge is 2.20. The number of fused-ring (bicyclic) bond motifs is 1. The number of rotatable bonds is 2. The zero-order valence-electron chi connectivity index (χ0n) is 11.1. The fraction of sp³-hybridized carbons (Fsp3) is 0.467. The first kappa shape index (κ1) is 11.5. The Kier molecular flexibility index (Phi) is 2.90. The van der Waals surface area contributed by atoms with Crippen molar-refractivity contribution in [2.45, 2.75) is 45.6 Å². The van der Waals surface area contributed by atoms with E-state index in [0.717, 1.165) is 18.8 Å². The van der Waals surface area contributed by atoms with E-state index in [2.05, 4.69) is 47.9 Å². The van der Waals surface area contributed by atoms with Crippen LogP contribution in [0.4, 0.5) is 0 Å². The maximum atomic E-state index is 4.72. The number of hydrogen-bond donors (Lipinski definition) is 0. The first-order valence-electron chi connectivity index (χ1n) is 6.72. The quantitative estimate of drug-likeness (QED) is 0.809. The minimum absolute atomic E-state index is 0.553. The predicted octanol–water partition coefficient (Wildman–Crippen LogP) is 3.07. The van der Waals surface area contributed by atoms with Crippen LogP contribution in [-0.4, -0.2) is 14.8 Å². The molecule has 0 fully saturated rings. The summed E-state index contributed by atoms with van der Waals surface area (Å²) >= 11 is 0. The van der Waals surface area contributed by atoms with Gasteiger partial charge in [0.15, 0.2) is 5.82 Å². The fourth-order valence-electron chi connectivity index (χ4n) is 2.66. The molecule has 1 aliphatic rings. The molecule has 3 heteroatoms. The predicted molar refractivity (Wildman–Crippen MR) is 71.7 cm³/mol. The van der Waals surface area contributed by atoms with Crippen molar-refractivity contribution in [1.82, 2.24) is 14.8 Å². The summed E-state index contributed by atoms with van der Waals surface area (Å²) in [6.45, 7) is 5.42. The molecule has 0 saturated heterocycles. The first-order valence-corrected chi connectivity index (χ1v) is 6.72. The standard InChI is InChI=1S/C15H19N3/c1-11-6-3-4-8-13(11)10-14-16-15-12(2)7-5-9-18(15)17-14/h3-4,6,8,12H,5,7,9-10H2,1-2H3. The molecule has 1 aromatic heterocycles. The van der Waals surface area contributed by atoms with Crippen LogP contribution in [0.1, 0.15) is 48.5 Å². The monoisotopic (exact) mass is 241 g/mol. The summed E-state index contributed by atoms with van der Waals surface area (Å²) < 4.78 is 2.10. The lowest BCUT2D eigenvalue weighted by atomic mass is 10.0. The third-order valence-electron chi connectivity index (χ3n) is 3.80. The van der Waals surface area contributed by atoms with Crippen LogP contribution in [0.25, 0.3) is 0 Å². The van der Waals surface area contributed by atoms with Gasteiger partial charge in [-0.15, -0.1) is 0 Å². The lowest BCUT2D eigenvalue weighted by molar-refractivity contribution is 0.431. The lowest BCUT2D eigenvalue weighted by Crippen LogP contribution is -2.14. The Bertz CT molecular complexity index is 557. The molecule has 0 spiro atoms. The molecule has 0 amide bonds. The molecular weight excluding hydrogens is 222 g/mol. The molecule has 1 unspecified atom stereocenters. The van der Waals surface area contributed by atoms with Crippen molar-refractivity contribution in [3.63, 3.8) is 0 Å². The summed E-state index contributed by atoms with van der Waals surface area (Å²) in [5, 5.41) is 4.64. The van der Waals surface area contributed by atoms with Crippen molar-refractivity contribution in [2.24, 2.45) is 0 Å². The molecule has 0 saturated carbocycles. The molecule has 0 aliphatic carbocycles. The van der Waals surface area contributed by atoms with Crippen molar-refractivity contribution in [3.8, 4) is 0 Å². The fourth-order valence-corrected chi connectivity index (χ4v) is 2.66. The molecule has 3 nitrogen and oxygen atoms in total. The van der Waals surface area contributed by atoms with Gasteiger partial charge in [0.25, 0.3) is 0 Å². The van der Waals surface area contributed by atoms with Crippen molar-refractivity contribution in [1.29, 1.82) is 0 Å². The number of aryl methyl sites for hydroxylation is 2. The molecule has 0 N–H and O–H groups in total. The molecule has 0 radical (unpaired) electrons. The van der Waals surface area contributed by atoms with Crippen molar-refractivity contribution in [2.75, 3.05) is 0 Å². The van der Waals surface area contributed by atoms with Gasteiger partial charge in [-0.05, 0) is 30.9 Å². The van der Waals surface area contributed by atoms with Gasteiger partial charge < -0.3 is 0 Å². The smallest absolute Gasteiger partial charge is 0.155 e. The van der Waals surface area contributed by atoms with Crippen LogP contribution in [0.15, 0.2) is 24.3 Å². The molecule has 18 heavy (non-hydrogen) atoms. The van der Waals surface area contributed by atoms with Gasteiger partial charge in [0, 0.05) is 18.9 Å². The zero-order chi connectivity index (χ0) is 12.5.